The standard InChI is InChI=1S/C11H9N3OS3/c1-3-4-16-11-14-13-10(18-11)12-9(15)8-5-7(2)6-17-8/h1,5-6H,4H2,2H3,(H,12,13,15). The fourth-order valence-corrected chi connectivity index (χ4v) is 3.35. The Labute approximate surface area is 117 Å². The first-order valence-electron chi connectivity index (χ1n) is 4.95. The van der Waals surface area contributed by atoms with E-state index in [9.17, 15) is 4.79 Å². The Hall–Kier alpha value is -1.36. The lowest BCUT2D eigenvalue weighted by atomic mass is 10.3. The van der Waals surface area contributed by atoms with Crippen LogP contribution >= 0.6 is 34.4 Å². The number of thioether (sulfide) groups is 1. The molecule has 0 bridgehead atoms. The number of thiophene rings is 1. The zero-order valence-corrected chi connectivity index (χ0v) is 11.9. The van der Waals surface area contributed by atoms with Crippen LogP contribution in [-0.2, 0) is 0 Å². The van der Waals surface area contributed by atoms with Crippen LogP contribution in [0.15, 0.2) is 15.8 Å². The summed E-state index contributed by atoms with van der Waals surface area (Å²) in [5.41, 5.74) is 1.08. The third-order valence-corrected chi connectivity index (χ3v) is 4.78. The van der Waals surface area contributed by atoms with E-state index in [1.54, 1.807) is 0 Å². The van der Waals surface area contributed by atoms with E-state index in [-0.39, 0.29) is 5.91 Å². The first-order chi connectivity index (χ1) is 8.69. The van der Waals surface area contributed by atoms with Gasteiger partial charge in [-0.2, -0.15) is 0 Å². The number of hydrogen-bond acceptors (Lipinski definition) is 6. The molecule has 0 fully saturated rings. The van der Waals surface area contributed by atoms with Gasteiger partial charge in [0.05, 0.1) is 10.6 Å². The van der Waals surface area contributed by atoms with Crippen molar-refractivity contribution in [1.29, 1.82) is 0 Å². The van der Waals surface area contributed by atoms with Gasteiger partial charge in [0.15, 0.2) is 4.34 Å². The quantitative estimate of drug-likeness (QED) is 0.535. The van der Waals surface area contributed by atoms with Crippen molar-refractivity contribution in [3.05, 3.63) is 21.9 Å². The number of carbonyl (C=O) groups excluding carboxylic acids is 1. The van der Waals surface area contributed by atoms with Crippen LogP contribution in [0.3, 0.4) is 0 Å². The summed E-state index contributed by atoms with van der Waals surface area (Å²) in [6.07, 6.45) is 5.16. The van der Waals surface area contributed by atoms with Crippen LogP contribution in [0.5, 0.6) is 0 Å². The average Bonchev–Trinajstić information content (AvgIpc) is 2.96. The summed E-state index contributed by atoms with van der Waals surface area (Å²) in [7, 11) is 0. The van der Waals surface area contributed by atoms with Gasteiger partial charge in [-0.25, -0.2) is 0 Å². The van der Waals surface area contributed by atoms with Gasteiger partial charge < -0.3 is 0 Å². The van der Waals surface area contributed by atoms with Gasteiger partial charge in [0, 0.05) is 0 Å². The summed E-state index contributed by atoms with van der Waals surface area (Å²) < 4.78 is 0.755. The Bertz CT molecular complexity index is 597. The number of nitrogens with zero attached hydrogens (tertiary/aromatic N) is 2. The molecule has 18 heavy (non-hydrogen) atoms. The maximum atomic E-state index is 11.8. The van der Waals surface area contributed by atoms with Crippen molar-refractivity contribution >= 4 is 45.5 Å². The molecule has 0 radical (unpaired) electrons. The minimum absolute atomic E-state index is 0.155. The van der Waals surface area contributed by atoms with Gasteiger partial charge in [-0.1, -0.05) is 29.0 Å². The molecule has 1 N–H and O–H groups in total. The number of rotatable bonds is 4. The van der Waals surface area contributed by atoms with Gasteiger partial charge in [0.2, 0.25) is 5.13 Å². The zero-order chi connectivity index (χ0) is 13.0. The Morgan fingerprint density at radius 3 is 3.11 bits per heavy atom. The third-order valence-electron chi connectivity index (χ3n) is 1.86. The summed E-state index contributed by atoms with van der Waals surface area (Å²) in [6.45, 7) is 1.95. The fourth-order valence-electron chi connectivity index (χ4n) is 1.13. The van der Waals surface area contributed by atoms with Crippen LogP contribution in [0.2, 0.25) is 0 Å². The Morgan fingerprint density at radius 1 is 1.61 bits per heavy atom. The molecule has 2 rings (SSSR count). The summed E-state index contributed by atoms with van der Waals surface area (Å²) in [5.74, 6) is 2.90. The van der Waals surface area contributed by atoms with Crippen molar-refractivity contribution in [1.82, 2.24) is 10.2 Å². The Morgan fingerprint density at radius 2 is 2.44 bits per heavy atom. The summed E-state index contributed by atoms with van der Waals surface area (Å²) >= 11 is 4.16. The predicted molar refractivity (Wildman–Crippen MR) is 76.5 cm³/mol. The van der Waals surface area contributed by atoms with Crippen molar-refractivity contribution in [2.75, 3.05) is 11.1 Å². The zero-order valence-electron chi connectivity index (χ0n) is 9.47. The van der Waals surface area contributed by atoms with E-state index in [0.717, 1.165) is 9.90 Å². The molecule has 0 unspecified atom stereocenters. The van der Waals surface area contributed by atoms with Crippen LogP contribution in [0.1, 0.15) is 15.2 Å². The molecule has 0 spiro atoms. The predicted octanol–water partition coefficient (Wildman–Crippen LogP) is 2.89. The summed E-state index contributed by atoms with van der Waals surface area (Å²) in [4.78, 5) is 12.5. The van der Waals surface area contributed by atoms with Crippen LogP contribution < -0.4 is 5.32 Å². The van der Waals surface area contributed by atoms with Gasteiger partial charge in [-0.15, -0.1) is 28.0 Å². The van der Waals surface area contributed by atoms with Crippen LogP contribution in [0, 0.1) is 19.3 Å². The molecule has 2 aromatic heterocycles. The number of aromatic nitrogens is 2. The lowest BCUT2D eigenvalue weighted by Crippen LogP contribution is -2.09. The number of hydrogen-bond donors (Lipinski definition) is 1. The average molecular weight is 295 g/mol. The van der Waals surface area contributed by atoms with Gasteiger partial charge >= 0.3 is 0 Å². The van der Waals surface area contributed by atoms with E-state index in [1.165, 1.54) is 34.4 Å². The third kappa shape index (κ3) is 3.32. The summed E-state index contributed by atoms with van der Waals surface area (Å²) in [6, 6.07) is 1.84. The maximum Gasteiger partial charge on any atom is 0.267 e. The van der Waals surface area contributed by atoms with Crippen LogP contribution in [-0.4, -0.2) is 21.9 Å². The molecule has 7 heteroatoms. The molecule has 4 nitrogen and oxygen atoms in total. The number of nitrogens with one attached hydrogen (secondary N) is 1. The molecular formula is C11H9N3OS3. The number of terminal acetylenes is 1. The number of carbonyl (C=O) groups is 1. The second kappa shape index (κ2) is 6.00. The first-order valence-corrected chi connectivity index (χ1v) is 7.63. The minimum atomic E-state index is -0.155. The molecule has 0 atom stereocenters. The molecule has 1 amide bonds. The largest absolute Gasteiger partial charge is 0.296 e. The Balaban J connectivity index is 1.99. The molecule has 0 aliphatic heterocycles. The van der Waals surface area contributed by atoms with Crippen LogP contribution in [0.25, 0.3) is 0 Å². The highest BCUT2D eigenvalue weighted by Crippen LogP contribution is 2.25. The van der Waals surface area contributed by atoms with E-state index in [4.69, 9.17) is 6.42 Å². The molecule has 92 valence electrons. The van der Waals surface area contributed by atoms with Crippen molar-refractivity contribution in [2.24, 2.45) is 0 Å². The molecule has 2 heterocycles. The highest BCUT2D eigenvalue weighted by Gasteiger charge is 2.11. The van der Waals surface area contributed by atoms with Gasteiger partial charge in [0.25, 0.3) is 5.91 Å². The van der Waals surface area contributed by atoms with Gasteiger partial charge in [-0.05, 0) is 23.9 Å². The number of anilines is 1. The number of aryl methyl sites for hydroxylation is 1. The lowest BCUT2D eigenvalue weighted by molar-refractivity contribution is 0.103. The molecule has 0 aliphatic carbocycles. The van der Waals surface area contributed by atoms with E-state index >= 15 is 0 Å². The van der Waals surface area contributed by atoms with E-state index in [2.05, 4.69) is 21.4 Å². The molecule has 0 saturated heterocycles. The van der Waals surface area contributed by atoms with E-state index in [1.807, 2.05) is 18.4 Å². The highest BCUT2D eigenvalue weighted by molar-refractivity contribution is 8.01. The van der Waals surface area contributed by atoms with Crippen molar-refractivity contribution < 1.29 is 4.79 Å². The second-order valence-electron chi connectivity index (χ2n) is 3.31. The molecule has 0 aromatic carbocycles. The minimum Gasteiger partial charge on any atom is -0.296 e. The van der Waals surface area contributed by atoms with Crippen LogP contribution in [0.4, 0.5) is 5.13 Å². The molecule has 0 saturated carbocycles. The van der Waals surface area contributed by atoms with Crippen molar-refractivity contribution in [2.45, 2.75) is 11.3 Å². The summed E-state index contributed by atoms with van der Waals surface area (Å²) in [5, 5.41) is 13.0. The molecular weight excluding hydrogens is 286 g/mol. The van der Waals surface area contributed by atoms with Gasteiger partial charge in [0.1, 0.15) is 0 Å². The highest BCUT2D eigenvalue weighted by atomic mass is 32.2. The second-order valence-corrected chi connectivity index (χ2v) is 6.42. The monoisotopic (exact) mass is 295 g/mol. The lowest BCUT2D eigenvalue weighted by Gasteiger charge is -1.96. The first kappa shape index (κ1) is 13.1. The fraction of sp³-hybridized carbons (Fsp3) is 0.182. The van der Waals surface area contributed by atoms with E-state index in [0.29, 0.717) is 15.8 Å². The smallest absolute Gasteiger partial charge is 0.267 e. The van der Waals surface area contributed by atoms with E-state index < -0.39 is 0 Å². The number of amides is 1. The topological polar surface area (TPSA) is 54.9 Å². The van der Waals surface area contributed by atoms with Gasteiger partial charge in [-0.3, -0.25) is 10.1 Å². The normalized spacial score (nSPS) is 10.0. The SMILES string of the molecule is C#CCSc1nnc(NC(=O)c2cc(C)cs2)s1. The molecule has 0 aliphatic rings. The van der Waals surface area contributed by atoms with Crippen molar-refractivity contribution in [3.8, 4) is 12.3 Å². The maximum absolute atomic E-state index is 11.8. The Kier molecular flexibility index (Phi) is 4.36. The van der Waals surface area contributed by atoms with Crippen molar-refractivity contribution in [3.63, 3.8) is 0 Å². The molecule has 2 aromatic rings.